The van der Waals surface area contributed by atoms with Gasteiger partial charge in [0.25, 0.3) is 5.91 Å². The van der Waals surface area contributed by atoms with Crippen molar-refractivity contribution >= 4 is 5.91 Å². The molecule has 0 radical (unpaired) electrons. The number of hydrogen-bond acceptors (Lipinski definition) is 5. The number of carbonyl (C=O) groups excluding carboxylic acids is 1. The molecule has 21 heavy (non-hydrogen) atoms. The van der Waals surface area contributed by atoms with E-state index >= 15 is 0 Å². The highest BCUT2D eigenvalue weighted by Crippen LogP contribution is 2.29. The highest BCUT2D eigenvalue weighted by molar-refractivity contribution is 5.94. The second kappa shape index (κ2) is 4.68. The topological polar surface area (TPSA) is 87.9 Å². The third kappa shape index (κ3) is 2.03. The minimum absolute atomic E-state index is 0.0214. The van der Waals surface area contributed by atoms with E-state index in [1.54, 1.807) is 6.92 Å². The lowest BCUT2D eigenvalue weighted by Crippen LogP contribution is -2.29. The molecule has 4 rings (SSSR count). The maximum Gasteiger partial charge on any atom is 0.274 e. The van der Waals surface area contributed by atoms with E-state index in [1.807, 2.05) is 4.90 Å². The number of fused-ring (bicyclic) bond motifs is 1. The van der Waals surface area contributed by atoms with Gasteiger partial charge in [-0.3, -0.25) is 9.89 Å². The van der Waals surface area contributed by atoms with Gasteiger partial charge in [-0.2, -0.15) is 10.1 Å². The Hall–Kier alpha value is -2.18. The van der Waals surface area contributed by atoms with E-state index < -0.39 is 0 Å². The molecule has 1 amide bonds. The maximum atomic E-state index is 12.6. The molecule has 3 heterocycles. The number of amides is 1. The lowest BCUT2D eigenvalue weighted by molar-refractivity contribution is 0.0782. The number of likely N-dealkylation sites (tertiary alicyclic amines) is 1. The molecule has 2 aromatic heterocycles. The molecule has 1 fully saturated rings. The quantitative estimate of drug-likeness (QED) is 0.897. The normalized spacial score (nSPS) is 21.0. The van der Waals surface area contributed by atoms with Gasteiger partial charge in [-0.15, -0.1) is 0 Å². The van der Waals surface area contributed by atoms with Gasteiger partial charge in [0.2, 0.25) is 5.89 Å². The van der Waals surface area contributed by atoms with E-state index in [1.165, 1.54) is 0 Å². The second-order valence-electron chi connectivity index (χ2n) is 5.80. The van der Waals surface area contributed by atoms with Crippen LogP contribution in [0.3, 0.4) is 0 Å². The monoisotopic (exact) mass is 287 g/mol. The molecule has 1 aliphatic carbocycles. The molecule has 7 heteroatoms. The lowest BCUT2D eigenvalue weighted by Gasteiger charge is -2.14. The molecule has 2 aromatic rings. The fourth-order valence-corrected chi connectivity index (χ4v) is 3.27. The summed E-state index contributed by atoms with van der Waals surface area (Å²) in [5.74, 6) is 1.44. The van der Waals surface area contributed by atoms with Crippen LogP contribution in [0.1, 0.15) is 52.2 Å². The molecule has 0 saturated carbocycles. The van der Waals surface area contributed by atoms with Crippen molar-refractivity contribution in [3.63, 3.8) is 0 Å². The van der Waals surface area contributed by atoms with Gasteiger partial charge in [-0.1, -0.05) is 5.16 Å². The number of aromatic amines is 1. The van der Waals surface area contributed by atoms with Crippen molar-refractivity contribution in [2.45, 2.75) is 38.5 Å². The summed E-state index contributed by atoms with van der Waals surface area (Å²) < 4.78 is 5.22. The molecular weight excluding hydrogens is 270 g/mol. The van der Waals surface area contributed by atoms with E-state index in [4.69, 9.17) is 4.52 Å². The maximum absolute atomic E-state index is 12.6. The van der Waals surface area contributed by atoms with Crippen LogP contribution in [0.4, 0.5) is 0 Å². The zero-order valence-corrected chi connectivity index (χ0v) is 11.9. The third-order valence-corrected chi connectivity index (χ3v) is 4.38. The van der Waals surface area contributed by atoms with Crippen molar-refractivity contribution < 1.29 is 9.32 Å². The van der Waals surface area contributed by atoms with Crippen LogP contribution in [0.5, 0.6) is 0 Å². The smallest absolute Gasteiger partial charge is 0.274 e. The van der Waals surface area contributed by atoms with Crippen molar-refractivity contribution in [3.05, 3.63) is 28.7 Å². The van der Waals surface area contributed by atoms with Gasteiger partial charge >= 0.3 is 0 Å². The van der Waals surface area contributed by atoms with Crippen LogP contribution in [0.25, 0.3) is 0 Å². The number of hydrogen-bond donors (Lipinski definition) is 1. The SMILES string of the molecule is Cc1noc(C2CCN(C(=O)c3n[nH]c4c3CCC4)C2)n1. The average Bonchev–Trinajstić information content (AvgIpc) is 3.21. The molecule has 0 bridgehead atoms. The summed E-state index contributed by atoms with van der Waals surface area (Å²) in [5, 5.41) is 11.0. The molecule has 1 aliphatic heterocycles. The Morgan fingerprint density at radius 1 is 1.43 bits per heavy atom. The molecule has 1 atom stereocenters. The molecule has 0 spiro atoms. The zero-order chi connectivity index (χ0) is 14.4. The van der Waals surface area contributed by atoms with Gasteiger partial charge in [0.15, 0.2) is 11.5 Å². The number of rotatable bonds is 2. The van der Waals surface area contributed by atoms with E-state index in [0.29, 0.717) is 30.5 Å². The first-order valence-corrected chi connectivity index (χ1v) is 7.38. The van der Waals surface area contributed by atoms with Gasteiger partial charge in [-0.05, 0) is 32.6 Å². The zero-order valence-electron chi connectivity index (χ0n) is 11.9. The number of nitrogens with one attached hydrogen (secondary N) is 1. The number of aryl methyl sites for hydroxylation is 2. The molecule has 1 unspecified atom stereocenters. The molecule has 7 nitrogen and oxygen atoms in total. The number of nitrogens with zero attached hydrogens (tertiary/aromatic N) is 4. The van der Waals surface area contributed by atoms with Crippen LogP contribution in [-0.2, 0) is 12.8 Å². The number of carbonyl (C=O) groups is 1. The fraction of sp³-hybridized carbons (Fsp3) is 0.571. The Labute approximate surface area is 121 Å². The van der Waals surface area contributed by atoms with E-state index in [9.17, 15) is 4.79 Å². The Kier molecular flexibility index (Phi) is 2.80. The molecule has 110 valence electrons. The van der Waals surface area contributed by atoms with Crippen molar-refractivity contribution in [2.75, 3.05) is 13.1 Å². The van der Waals surface area contributed by atoms with Crippen molar-refractivity contribution in [1.82, 2.24) is 25.2 Å². The first-order valence-electron chi connectivity index (χ1n) is 7.38. The molecule has 2 aliphatic rings. The van der Waals surface area contributed by atoms with E-state index in [2.05, 4.69) is 20.3 Å². The summed E-state index contributed by atoms with van der Waals surface area (Å²) in [6.45, 7) is 3.15. The summed E-state index contributed by atoms with van der Waals surface area (Å²) in [5.41, 5.74) is 2.84. The predicted octanol–water partition coefficient (Wildman–Crippen LogP) is 1.22. The highest BCUT2D eigenvalue weighted by Gasteiger charge is 2.34. The van der Waals surface area contributed by atoms with Crippen molar-refractivity contribution in [3.8, 4) is 0 Å². The summed E-state index contributed by atoms with van der Waals surface area (Å²) in [7, 11) is 0. The first kappa shape index (κ1) is 12.6. The van der Waals surface area contributed by atoms with Crippen LogP contribution in [0.2, 0.25) is 0 Å². The molecule has 0 aromatic carbocycles. The van der Waals surface area contributed by atoms with E-state index in [0.717, 1.165) is 36.9 Å². The van der Waals surface area contributed by atoms with Crippen molar-refractivity contribution in [2.24, 2.45) is 0 Å². The van der Waals surface area contributed by atoms with Crippen LogP contribution >= 0.6 is 0 Å². The minimum atomic E-state index is 0.0214. The van der Waals surface area contributed by atoms with Crippen LogP contribution in [0, 0.1) is 6.92 Å². The Morgan fingerprint density at radius 3 is 3.14 bits per heavy atom. The molecule has 1 N–H and O–H groups in total. The molecular formula is C14H17N5O2. The fourth-order valence-electron chi connectivity index (χ4n) is 3.27. The van der Waals surface area contributed by atoms with Gasteiger partial charge < -0.3 is 9.42 Å². The Bertz CT molecular complexity index is 689. The van der Waals surface area contributed by atoms with Crippen LogP contribution in [-0.4, -0.2) is 44.2 Å². The first-order chi connectivity index (χ1) is 10.2. The summed E-state index contributed by atoms with van der Waals surface area (Å²) in [6, 6.07) is 0. The minimum Gasteiger partial charge on any atom is -0.339 e. The average molecular weight is 287 g/mol. The third-order valence-electron chi connectivity index (χ3n) is 4.38. The largest absolute Gasteiger partial charge is 0.339 e. The van der Waals surface area contributed by atoms with E-state index in [-0.39, 0.29) is 11.8 Å². The summed E-state index contributed by atoms with van der Waals surface area (Å²) in [4.78, 5) is 18.7. The number of H-pyrrole nitrogens is 1. The Morgan fingerprint density at radius 2 is 2.33 bits per heavy atom. The van der Waals surface area contributed by atoms with Crippen LogP contribution < -0.4 is 0 Å². The van der Waals surface area contributed by atoms with Gasteiger partial charge in [-0.25, -0.2) is 0 Å². The molecule has 1 saturated heterocycles. The van der Waals surface area contributed by atoms with Gasteiger partial charge in [0, 0.05) is 24.3 Å². The van der Waals surface area contributed by atoms with Crippen LogP contribution in [0.15, 0.2) is 4.52 Å². The van der Waals surface area contributed by atoms with Gasteiger partial charge in [0.05, 0.1) is 5.92 Å². The number of aromatic nitrogens is 4. The predicted molar refractivity (Wildman–Crippen MR) is 72.9 cm³/mol. The van der Waals surface area contributed by atoms with Crippen molar-refractivity contribution in [1.29, 1.82) is 0 Å². The standard InChI is InChI=1S/C14H17N5O2/c1-8-15-13(21-18-8)9-5-6-19(7-9)14(20)12-10-3-2-4-11(10)16-17-12/h9H,2-7H2,1H3,(H,16,17). The summed E-state index contributed by atoms with van der Waals surface area (Å²) in [6.07, 6.45) is 3.92. The highest BCUT2D eigenvalue weighted by atomic mass is 16.5. The lowest BCUT2D eigenvalue weighted by atomic mass is 10.1. The van der Waals surface area contributed by atoms with Gasteiger partial charge in [0.1, 0.15) is 0 Å². The second-order valence-corrected chi connectivity index (χ2v) is 5.80. The Balaban J connectivity index is 1.51. The summed E-state index contributed by atoms with van der Waals surface area (Å²) >= 11 is 0.